The standard InChI is InChI=1S/C15H19FN2S/c1-2-15(7-3-4-8-15)10-18-13-9-11(16)5-6-12(13)17-14(18)19/h5-6,9H,2-4,7-8,10H2,1H3,(H,17,19). The van der Waals surface area contributed by atoms with E-state index >= 15 is 0 Å². The number of fused-ring (bicyclic) bond motifs is 1. The van der Waals surface area contributed by atoms with Gasteiger partial charge in [0.15, 0.2) is 4.77 Å². The van der Waals surface area contributed by atoms with E-state index in [4.69, 9.17) is 12.2 Å². The predicted octanol–water partition coefficient (Wildman–Crippen LogP) is 4.81. The third-order valence-electron chi connectivity index (χ3n) is 4.65. The van der Waals surface area contributed by atoms with Gasteiger partial charge in [0.25, 0.3) is 0 Å². The SMILES string of the molecule is CCC1(Cn2c(=S)[nH]c3ccc(F)cc32)CCCC1. The maximum atomic E-state index is 13.5. The molecule has 0 unspecified atom stereocenters. The normalized spacial score (nSPS) is 18.2. The summed E-state index contributed by atoms with van der Waals surface area (Å²) in [6.07, 6.45) is 6.28. The summed E-state index contributed by atoms with van der Waals surface area (Å²) in [5.74, 6) is -0.202. The van der Waals surface area contributed by atoms with Crippen molar-refractivity contribution in [2.45, 2.75) is 45.6 Å². The number of aromatic amines is 1. The van der Waals surface area contributed by atoms with Crippen LogP contribution < -0.4 is 0 Å². The molecule has 1 heterocycles. The van der Waals surface area contributed by atoms with Gasteiger partial charge in [-0.2, -0.15) is 0 Å². The summed E-state index contributed by atoms with van der Waals surface area (Å²) >= 11 is 5.41. The van der Waals surface area contributed by atoms with Crippen molar-refractivity contribution in [3.63, 3.8) is 0 Å². The van der Waals surface area contributed by atoms with Crippen LogP contribution >= 0.6 is 12.2 Å². The predicted molar refractivity (Wildman–Crippen MR) is 78.3 cm³/mol. The molecule has 0 saturated heterocycles. The van der Waals surface area contributed by atoms with Crippen molar-refractivity contribution in [2.75, 3.05) is 0 Å². The molecule has 0 aliphatic heterocycles. The molecule has 0 spiro atoms. The van der Waals surface area contributed by atoms with Crippen LogP contribution in [0, 0.1) is 16.0 Å². The summed E-state index contributed by atoms with van der Waals surface area (Å²) in [6.45, 7) is 3.16. The lowest BCUT2D eigenvalue weighted by molar-refractivity contribution is 0.239. The van der Waals surface area contributed by atoms with Gasteiger partial charge in [-0.25, -0.2) is 4.39 Å². The van der Waals surface area contributed by atoms with Gasteiger partial charge >= 0.3 is 0 Å². The van der Waals surface area contributed by atoms with E-state index in [1.165, 1.54) is 31.7 Å². The average molecular weight is 278 g/mol. The third kappa shape index (κ3) is 2.22. The Hall–Kier alpha value is -1.16. The summed E-state index contributed by atoms with van der Waals surface area (Å²) in [5, 5.41) is 0. The van der Waals surface area contributed by atoms with Crippen molar-refractivity contribution in [2.24, 2.45) is 5.41 Å². The molecule has 0 bridgehead atoms. The lowest BCUT2D eigenvalue weighted by atomic mass is 9.83. The van der Waals surface area contributed by atoms with E-state index in [1.54, 1.807) is 12.1 Å². The summed E-state index contributed by atoms with van der Waals surface area (Å²) in [7, 11) is 0. The minimum absolute atomic E-state index is 0.202. The van der Waals surface area contributed by atoms with Gasteiger partial charge in [0, 0.05) is 6.54 Å². The van der Waals surface area contributed by atoms with Crippen molar-refractivity contribution in [3.8, 4) is 0 Å². The number of nitrogens with zero attached hydrogens (tertiary/aromatic N) is 1. The van der Waals surface area contributed by atoms with Gasteiger partial charge < -0.3 is 9.55 Å². The Labute approximate surface area is 117 Å². The number of imidazole rings is 1. The Morgan fingerprint density at radius 2 is 2.11 bits per heavy atom. The van der Waals surface area contributed by atoms with E-state index in [1.807, 2.05) is 0 Å². The van der Waals surface area contributed by atoms with E-state index in [2.05, 4.69) is 16.5 Å². The number of hydrogen-bond donors (Lipinski definition) is 1. The van der Waals surface area contributed by atoms with Crippen LogP contribution in [-0.2, 0) is 6.54 Å². The van der Waals surface area contributed by atoms with Crippen LogP contribution in [-0.4, -0.2) is 9.55 Å². The number of benzene rings is 1. The van der Waals surface area contributed by atoms with Crippen LogP contribution in [0.25, 0.3) is 11.0 Å². The van der Waals surface area contributed by atoms with Crippen LogP contribution in [0.5, 0.6) is 0 Å². The van der Waals surface area contributed by atoms with E-state index in [0.29, 0.717) is 10.2 Å². The number of aromatic nitrogens is 2. The summed E-state index contributed by atoms with van der Waals surface area (Å²) in [4.78, 5) is 3.18. The Bertz CT molecular complexity index is 650. The van der Waals surface area contributed by atoms with Gasteiger partial charge in [-0.05, 0) is 55.1 Å². The van der Waals surface area contributed by atoms with Crippen LogP contribution in [0.4, 0.5) is 4.39 Å². The Morgan fingerprint density at radius 1 is 1.37 bits per heavy atom. The Balaban J connectivity index is 2.07. The van der Waals surface area contributed by atoms with Gasteiger partial charge in [-0.15, -0.1) is 0 Å². The first-order chi connectivity index (χ1) is 9.13. The van der Waals surface area contributed by atoms with Crippen molar-refractivity contribution in [1.29, 1.82) is 0 Å². The maximum absolute atomic E-state index is 13.5. The van der Waals surface area contributed by atoms with Crippen LogP contribution in [0.3, 0.4) is 0 Å². The first-order valence-corrected chi connectivity index (χ1v) is 7.42. The molecule has 1 aromatic heterocycles. The van der Waals surface area contributed by atoms with E-state index in [-0.39, 0.29) is 5.82 Å². The molecular weight excluding hydrogens is 259 g/mol. The van der Waals surface area contributed by atoms with Crippen LogP contribution in [0.2, 0.25) is 0 Å². The molecule has 4 heteroatoms. The molecule has 19 heavy (non-hydrogen) atoms. The average Bonchev–Trinajstić information content (AvgIpc) is 2.98. The third-order valence-corrected chi connectivity index (χ3v) is 4.97. The molecule has 0 amide bonds. The smallest absolute Gasteiger partial charge is 0.178 e. The highest BCUT2D eigenvalue weighted by Crippen LogP contribution is 2.42. The minimum atomic E-state index is -0.202. The molecule has 1 aromatic carbocycles. The first kappa shape index (κ1) is 12.9. The lowest BCUT2D eigenvalue weighted by Crippen LogP contribution is -2.22. The second-order valence-electron chi connectivity index (χ2n) is 5.74. The van der Waals surface area contributed by atoms with Crippen molar-refractivity contribution >= 4 is 23.3 Å². The van der Waals surface area contributed by atoms with Gasteiger partial charge in [0.1, 0.15) is 5.82 Å². The number of nitrogens with one attached hydrogen (secondary N) is 1. The molecule has 0 atom stereocenters. The first-order valence-electron chi connectivity index (χ1n) is 7.02. The second-order valence-corrected chi connectivity index (χ2v) is 6.13. The molecular formula is C15H19FN2S. The zero-order chi connectivity index (χ0) is 13.5. The topological polar surface area (TPSA) is 20.7 Å². The monoisotopic (exact) mass is 278 g/mol. The highest BCUT2D eigenvalue weighted by molar-refractivity contribution is 7.71. The van der Waals surface area contributed by atoms with Gasteiger partial charge in [0.2, 0.25) is 0 Å². The van der Waals surface area contributed by atoms with Crippen LogP contribution in [0.1, 0.15) is 39.0 Å². The Kier molecular flexibility index (Phi) is 3.21. The number of hydrogen-bond acceptors (Lipinski definition) is 1. The fourth-order valence-corrected chi connectivity index (χ4v) is 3.64. The van der Waals surface area contributed by atoms with E-state index in [0.717, 1.165) is 24.0 Å². The van der Waals surface area contributed by atoms with Crippen LogP contribution in [0.15, 0.2) is 18.2 Å². The second kappa shape index (κ2) is 4.75. The van der Waals surface area contributed by atoms with E-state index < -0.39 is 0 Å². The van der Waals surface area contributed by atoms with Crippen molar-refractivity contribution in [1.82, 2.24) is 9.55 Å². The quantitative estimate of drug-likeness (QED) is 0.799. The Morgan fingerprint density at radius 3 is 2.79 bits per heavy atom. The van der Waals surface area contributed by atoms with Gasteiger partial charge in [-0.3, -0.25) is 0 Å². The number of halogens is 1. The fourth-order valence-electron chi connectivity index (χ4n) is 3.37. The number of H-pyrrole nitrogens is 1. The molecule has 1 aliphatic carbocycles. The summed E-state index contributed by atoms with van der Waals surface area (Å²) < 4.78 is 16.3. The molecule has 102 valence electrons. The maximum Gasteiger partial charge on any atom is 0.178 e. The fraction of sp³-hybridized carbons (Fsp3) is 0.533. The molecule has 3 rings (SSSR count). The largest absolute Gasteiger partial charge is 0.331 e. The van der Waals surface area contributed by atoms with E-state index in [9.17, 15) is 4.39 Å². The zero-order valence-corrected chi connectivity index (χ0v) is 12.0. The highest BCUT2D eigenvalue weighted by atomic mass is 32.1. The highest BCUT2D eigenvalue weighted by Gasteiger charge is 2.32. The van der Waals surface area contributed by atoms with Crippen molar-refractivity contribution < 1.29 is 4.39 Å². The molecule has 2 aromatic rings. The van der Waals surface area contributed by atoms with Crippen molar-refractivity contribution in [3.05, 3.63) is 28.8 Å². The molecule has 1 saturated carbocycles. The molecule has 1 fully saturated rings. The molecule has 1 aliphatic rings. The number of rotatable bonds is 3. The lowest BCUT2D eigenvalue weighted by Gasteiger charge is -2.28. The molecule has 2 nitrogen and oxygen atoms in total. The minimum Gasteiger partial charge on any atom is -0.331 e. The summed E-state index contributed by atoms with van der Waals surface area (Å²) in [5.41, 5.74) is 2.17. The zero-order valence-electron chi connectivity index (χ0n) is 11.2. The van der Waals surface area contributed by atoms with Gasteiger partial charge in [-0.1, -0.05) is 19.8 Å². The molecule has 1 N–H and O–H groups in total. The van der Waals surface area contributed by atoms with Gasteiger partial charge in [0.05, 0.1) is 11.0 Å². The molecule has 0 radical (unpaired) electrons. The summed E-state index contributed by atoms with van der Waals surface area (Å²) in [6, 6.07) is 4.83.